The Morgan fingerprint density at radius 2 is 2.08 bits per heavy atom. The van der Waals surface area contributed by atoms with E-state index in [1.54, 1.807) is 6.92 Å². The predicted molar refractivity (Wildman–Crippen MR) is 96.8 cm³/mol. The van der Waals surface area contributed by atoms with Gasteiger partial charge in [-0.15, -0.1) is 0 Å². The molecule has 0 aromatic heterocycles. The van der Waals surface area contributed by atoms with Gasteiger partial charge in [0.05, 0.1) is 6.07 Å². The number of carbonyl (C=O) groups excluding carboxylic acids is 2. The van der Waals surface area contributed by atoms with E-state index < -0.39 is 6.10 Å². The van der Waals surface area contributed by atoms with Crippen LogP contribution in [0.3, 0.4) is 0 Å². The summed E-state index contributed by atoms with van der Waals surface area (Å²) >= 11 is 0. The average molecular weight is 355 g/mol. The summed E-state index contributed by atoms with van der Waals surface area (Å²) in [4.78, 5) is 24.6. The van der Waals surface area contributed by atoms with E-state index in [2.05, 4.69) is 13.0 Å². The van der Waals surface area contributed by atoms with Crippen LogP contribution >= 0.6 is 0 Å². The number of ketones is 2. The van der Waals surface area contributed by atoms with Crippen LogP contribution in [0.1, 0.15) is 65.2 Å². The molecule has 1 unspecified atom stereocenters. The number of nitrogens with zero attached hydrogens (tertiary/aromatic N) is 1. The third kappa shape index (κ3) is 2.29. The number of Topliss-reactive ketones (excluding diaryl/α,β-unsaturated/α-hetero) is 2. The first-order valence-corrected chi connectivity index (χ1v) is 10.1. The van der Waals surface area contributed by atoms with Gasteiger partial charge in [-0.25, -0.2) is 0 Å². The molecule has 0 saturated heterocycles. The number of hydrogen-bond acceptors (Lipinski definition) is 4. The third-order valence-corrected chi connectivity index (χ3v) is 8.58. The van der Waals surface area contributed by atoms with E-state index in [0.717, 1.165) is 38.5 Å². The first-order chi connectivity index (χ1) is 12.3. The second-order valence-electron chi connectivity index (χ2n) is 9.46. The minimum atomic E-state index is -0.926. The maximum atomic E-state index is 12.3. The SMILES string of the molecule is CC(=O)[C@H]1CC[C@H]2[C@@H]3CCC4=CC(O)C(=O)C[C@]4(C)[C@H]3CC[C@]12CC#N. The second-order valence-corrected chi connectivity index (χ2v) is 9.46. The van der Waals surface area contributed by atoms with Crippen molar-refractivity contribution >= 4 is 11.6 Å². The lowest BCUT2D eigenvalue weighted by atomic mass is 9.46. The van der Waals surface area contributed by atoms with Crippen molar-refractivity contribution in [1.29, 1.82) is 5.26 Å². The highest BCUT2D eigenvalue weighted by atomic mass is 16.3. The fraction of sp³-hybridized carbons (Fsp3) is 0.773. The maximum Gasteiger partial charge on any atom is 0.166 e. The fourth-order valence-corrected chi connectivity index (χ4v) is 7.50. The van der Waals surface area contributed by atoms with Crippen molar-refractivity contribution in [2.75, 3.05) is 0 Å². The van der Waals surface area contributed by atoms with Gasteiger partial charge >= 0.3 is 0 Å². The Morgan fingerprint density at radius 3 is 2.77 bits per heavy atom. The highest BCUT2D eigenvalue weighted by Crippen LogP contribution is 2.67. The van der Waals surface area contributed by atoms with E-state index in [1.807, 2.05) is 6.08 Å². The monoisotopic (exact) mass is 355 g/mol. The summed E-state index contributed by atoms with van der Waals surface area (Å²) in [6, 6.07) is 2.41. The smallest absolute Gasteiger partial charge is 0.166 e. The molecule has 4 aliphatic rings. The molecular weight excluding hydrogens is 326 g/mol. The largest absolute Gasteiger partial charge is 0.381 e. The molecule has 4 aliphatic carbocycles. The molecule has 4 nitrogen and oxygen atoms in total. The Kier molecular flexibility index (Phi) is 4.15. The van der Waals surface area contributed by atoms with Crippen LogP contribution in [0.2, 0.25) is 0 Å². The number of fused-ring (bicyclic) bond motifs is 5. The number of rotatable bonds is 2. The molecule has 0 radical (unpaired) electrons. The summed E-state index contributed by atoms with van der Waals surface area (Å²) in [5.41, 5.74) is 0.976. The Labute approximate surface area is 155 Å². The highest BCUT2D eigenvalue weighted by Gasteiger charge is 2.61. The molecule has 7 atom stereocenters. The van der Waals surface area contributed by atoms with Crippen LogP contribution in [-0.2, 0) is 9.59 Å². The Bertz CT molecular complexity index is 719. The molecule has 0 heterocycles. The topological polar surface area (TPSA) is 78.2 Å². The minimum Gasteiger partial charge on any atom is -0.381 e. The van der Waals surface area contributed by atoms with Crippen LogP contribution in [0.5, 0.6) is 0 Å². The molecule has 140 valence electrons. The van der Waals surface area contributed by atoms with Gasteiger partial charge in [-0.3, -0.25) is 9.59 Å². The molecular formula is C22H29NO3. The van der Waals surface area contributed by atoms with Crippen molar-refractivity contribution in [2.45, 2.75) is 71.3 Å². The summed E-state index contributed by atoms with van der Waals surface area (Å²) in [5, 5.41) is 19.5. The van der Waals surface area contributed by atoms with E-state index in [4.69, 9.17) is 0 Å². The van der Waals surface area contributed by atoms with Crippen molar-refractivity contribution in [3.63, 3.8) is 0 Å². The Hall–Kier alpha value is -1.47. The zero-order valence-corrected chi connectivity index (χ0v) is 15.8. The lowest BCUT2D eigenvalue weighted by Crippen LogP contribution is -2.53. The van der Waals surface area contributed by atoms with Crippen molar-refractivity contribution in [2.24, 2.45) is 34.5 Å². The van der Waals surface area contributed by atoms with Gasteiger partial charge in [0.25, 0.3) is 0 Å². The predicted octanol–water partition coefficient (Wildman–Crippen LogP) is 3.59. The van der Waals surface area contributed by atoms with Gasteiger partial charge in [-0.1, -0.05) is 12.5 Å². The van der Waals surface area contributed by atoms with Crippen LogP contribution in [0.25, 0.3) is 0 Å². The fourth-order valence-electron chi connectivity index (χ4n) is 7.50. The van der Waals surface area contributed by atoms with Crippen molar-refractivity contribution in [3.8, 4) is 6.07 Å². The lowest BCUT2D eigenvalue weighted by Gasteiger charge is -2.58. The summed E-state index contributed by atoms with van der Waals surface area (Å²) in [7, 11) is 0. The van der Waals surface area contributed by atoms with Gasteiger partial charge in [-0.05, 0) is 80.1 Å². The molecule has 0 amide bonds. The number of nitriles is 1. The van der Waals surface area contributed by atoms with E-state index in [9.17, 15) is 20.0 Å². The normalized spacial score (nSPS) is 47.2. The van der Waals surface area contributed by atoms with Crippen molar-refractivity contribution in [3.05, 3.63) is 11.6 Å². The van der Waals surface area contributed by atoms with Crippen molar-refractivity contribution in [1.82, 2.24) is 0 Å². The number of aliphatic hydroxyl groups is 1. The summed E-state index contributed by atoms with van der Waals surface area (Å²) < 4.78 is 0. The Balaban J connectivity index is 1.71. The van der Waals surface area contributed by atoms with Crippen molar-refractivity contribution < 1.29 is 14.7 Å². The first kappa shape index (κ1) is 17.9. The third-order valence-electron chi connectivity index (χ3n) is 8.58. The first-order valence-electron chi connectivity index (χ1n) is 10.1. The van der Waals surface area contributed by atoms with Gasteiger partial charge in [0.1, 0.15) is 11.9 Å². The second kappa shape index (κ2) is 6.02. The number of carbonyl (C=O) groups is 2. The standard InChI is InChI=1S/C22H29NO3/c1-13(24)16-5-6-18-15-4-3-14-11-19(25)20(26)12-21(14,2)17(15)7-8-22(16,18)9-10-23/h11,15-19,25H,3-9,12H2,1-2H3/t15-,16-,17+,18+,19?,21+,22+/m1/s1. The van der Waals surface area contributed by atoms with Gasteiger partial charge in [0, 0.05) is 18.8 Å². The van der Waals surface area contributed by atoms with Crippen LogP contribution < -0.4 is 0 Å². The molecule has 4 rings (SSSR count). The molecule has 0 aromatic rings. The average Bonchev–Trinajstić information content (AvgIpc) is 2.96. The Morgan fingerprint density at radius 1 is 1.31 bits per heavy atom. The van der Waals surface area contributed by atoms with Gasteiger partial charge in [0.15, 0.2) is 5.78 Å². The van der Waals surface area contributed by atoms with Gasteiger partial charge < -0.3 is 5.11 Å². The summed E-state index contributed by atoms with van der Waals surface area (Å²) in [6.07, 6.45) is 7.69. The van der Waals surface area contributed by atoms with E-state index >= 15 is 0 Å². The highest BCUT2D eigenvalue weighted by molar-refractivity contribution is 5.87. The van der Waals surface area contributed by atoms with Gasteiger partial charge in [-0.2, -0.15) is 5.26 Å². The molecule has 4 heteroatoms. The van der Waals surface area contributed by atoms with Crippen LogP contribution in [0.4, 0.5) is 0 Å². The molecule has 3 fully saturated rings. The number of allylic oxidation sites excluding steroid dienone is 1. The molecule has 0 bridgehead atoms. The number of hydrogen-bond donors (Lipinski definition) is 1. The summed E-state index contributed by atoms with van der Waals surface area (Å²) in [6.45, 7) is 3.91. The molecule has 1 N–H and O–H groups in total. The number of aliphatic hydroxyl groups excluding tert-OH is 1. The molecule has 0 spiro atoms. The zero-order chi connectivity index (χ0) is 18.7. The quantitative estimate of drug-likeness (QED) is 0.768. The zero-order valence-electron chi connectivity index (χ0n) is 15.8. The van der Waals surface area contributed by atoms with E-state index in [0.29, 0.717) is 30.6 Å². The molecule has 0 aliphatic heterocycles. The molecule has 3 saturated carbocycles. The van der Waals surface area contributed by atoms with Gasteiger partial charge in [0.2, 0.25) is 0 Å². The van der Waals surface area contributed by atoms with Crippen LogP contribution in [0, 0.1) is 45.8 Å². The molecule has 0 aromatic carbocycles. The van der Waals surface area contributed by atoms with Crippen LogP contribution in [0.15, 0.2) is 11.6 Å². The minimum absolute atomic E-state index is 0.0349. The van der Waals surface area contributed by atoms with E-state index in [-0.39, 0.29) is 28.3 Å². The van der Waals surface area contributed by atoms with E-state index in [1.165, 1.54) is 5.57 Å². The lowest BCUT2D eigenvalue weighted by molar-refractivity contribution is -0.133. The van der Waals surface area contributed by atoms with Crippen LogP contribution in [-0.4, -0.2) is 22.8 Å². The molecule has 26 heavy (non-hydrogen) atoms. The maximum absolute atomic E-state index is 12.3. The summed E-state index contributed by atoms with van der Waals surface area (Å²) in [5.74, 6) is 1.58.